The maximum atomic E-state index is 10.2. The Bertz CT molecular complexity index is 158. The van der Waals surface area contributed by atoms with Gasteiger partial charge in [-0.3, -0.25) is 4.79 Å². The van der Waals surface area contributed by atoms with Crippen molar-refractivity contribution in [3.63, 3.8) is 0 Å². The first-order chi connectivity index (χ1) is 4.20. The zero-order valence-electron chi connectivity index (χ0n) is 5.33. The van der Waals surface area contributed by atoms with E-state index >= 15 is 0 Å². The number of carboxylic acids is 1. The van der Waals surface area contributed by atoms with Crippen molar-refractivity contribution >= 4 is 5.97 Å². The number of hydrogen-bond donors (Lipinski definition) is 2. The molecule has 0 aromatic carbocycles. The molecule has 0 saturated carbocycles. The second-order valence-electron chi connectivity index (χ2n) is 2.23. The van der Waals surface area contributed by atoms with E-state index in [2.05, 4.69) is 0 Å². The number of nitrogens with two attached hydrogens (primary N) is 1. The van der Waals surface area contributed by atoms with E-state index < -0.39 is 5.97 Å². The van der Waals surface area contributed by atoms with E-state index in [1.54, 1.807) is 12.2 Å². The van der Waals surface area contributed by atoms with Crippen LogP contribution in [0.15, 0.2) is 12.2 Å². The molecule has 0 aromatic rings. The fourth-order valence-electron chi connectivity index (χ4n) is 0.910. The first kappa shape index (κ1) is 9.83. The molecule has 0 bridgehead atoms. The van der Waals surface area contributed by atoms with Crippen LogP contribution in [0.3, 0.4) is 0 Å². The van der Waals surface area contributed by atoms with Gasteiger partial charge in [0.1, 0.15) is 0 Å². The topological polar surface area (TPSA) is 63.3 Å². The minimum atomic E-state index is -0.779. The molecule has 1 rings (SSSR count). The molecule has 2 unspecified atom stereocenters. The summed E-state index contributed by atoms with van der Waals surface area (Å²) < 4.78 is 0. The maximum Gasteiger partial charge on any atom is 0.310 e. The molecular formula is C6H9NO2Re. The number of aliphatic carboxylic acids is 1. The minimum absolute atomic E-state index is 0. The molecule has 3 N–H and O–H groups in total. The molecule has 4 heteroatoms. The smallest absolute Gasteiger partial charge is 0.310 e. The number of hydrogen-bond acceptors (Lipinski definition) is 2. The number of carboxylic acid groups (broad SMARTS) is 1. The van der Waals surface area contributed by atoms with E-state index in [4.69, 9.17) is 10.8 Å². The Morgan fingerprint density at radius 2 is 2.20 bits per heavy atom. The van der Waals surface area contributed by atoms with Crippen LogP contribution in [0.5, 0.6) is 0 Å². The standard InChI is InChI=1S/C6H9NO2.Re/c7-5-2-1-4(3-5)6(8)9;/h1-2,4-5H,3,7H2,(H,8,9);. The molecule has 0 fully saturated rings. The Morgan fingerprint density at radius 1 is 1.60 bits per heavy atom. The summed E-state index contributed by atoms with van der Waals surface area (Å²) >= 11 is 0. The molecule has 0 spiro atoms. The summed E-state index contributed by atoms with van der Waals surface area (Å²) in [6, 6.07) is -0.0499. The molecule has 1 radical (unpaired) electrons. The third-order valence-corrected chi connectivity index (χ3v) is 1.43. The third kappa shape index (κ3) is 2.22. The summed E-state index contributed by atoms with van der Waals surface area (Å²) in [5.74, 6) is -1.13. The molecule has 57 valence electrons. The van der Waals surface area contributed by atoms with Crippen molar-refractivity contribution in [1.82, 2.24) is 0 Å². The van der Waals surface area contributed by atoms with Crippen LogP contribution in [0.4, 0.5) is 0 Å². The molecule has 0 heterocycles. The fraction of sp³-hybridized carbons (Fsp3) is 0.500. The van der Waals surface area contributed by atoms with Crippen LogP contribution in [0.2, 0.25) is 0 Å². The third-order valence-electron chi connectivity index (χ3n) is 1.43. The van der Waals surface area contributed by atoms with Gasteiger partial charge in [0.15, 0.2) is 0 Å². The predicted octanol–water partition coefficient (Wildman–Crippen LogP) is -0.0281. The molecule has 0 saturated heterocycles. The van der Waals surface area contributed by atoms with Crippen molar-refractivity contribution < 1.29 is 30.3 Å². The molecule has 1 aliphatic rings. The molecule has 0 amide bonds. The monoisotopic (exact) mass is 314 g/mol. The van der Waals surface area contributed by atoms with E-state index in [1.807, 2.05) is 0 Å². The van der Waals surface area contributed by atoms with Gasteiger partial charge in [-0.1, -0.05) is 12.2 Å². The molecule has 10 heavy (non-hydrogen) atoms. The van der Waals surface area contributed by atoms with E-state index in [0.717, 1.165) is 0 Å². The van der Waals surface area contributed by atoms with Gasteiger partial charge in [0.05, 0.1) is 5.92 Å². The largest absolute Gasteiger partial charge is 0.481 e. The zero-order chi connectivity index (χ0) is 6.85. The van der Waals surface area contributed by atoms with Gasteiger partial charge >= 0.3 is 5.97 Å². The Labute approximate surface area is 72.9 Å². The summed E-state index contributed by atoms with van der Waals surface area (Å²) in [6.45, 7) is 0. The van der Waals surface area contributed by atoms with Gasteiger partial charge in [-0.15, -0.1) is 0 Å². The van der Waals surface area contributed by atoms with E-state index in [9.17, 15) is 4.79 Å². The van der Waals surface area contributed by atoms with Crippen LogP contribution in [0.1, 0.15) is 6.42 Å². The normalized spacial score (nSPS) is 29.7. The van der Waals surface area contributed by atoms with Gasteiger partial charge in [-0.2, -0.15) is 0 Å². The van der Waals surface area contributed by atoms with E-state index in [1.165, 1.54) is 0 Å². The van der Waals surface area contributed by atoms with E-state index in [-0.39, 0.29) is 32.4 Å². The quantitative estimate of drug-likeness (QED) is 0.669. The summed E-state index contributed by atoms with van der Waals surface area (Å²) in [4.78, 5) is 10.2. The Kier molecular flexibility index (Phi) is 3.81. The van der Waals surface area contributed by atoms with Crippen LogP contribution in [-0.2, 0) is 25.2 Å². The van der Waals surface area contributed by atoms with Gasteiger partial charge in [-0.05, 0) is 6.42 Å². The molecule has 3 nitrogen and oxygen atoms in total. The fourth-order valence-corrected chi connectivity index (χ4v) is 0.910. The van der Waals surface area contributed by atoms with Gasteiger partial charge < -0.3 is 10.8 Å². The van der Waals surface area contributed by atoms with Crippen LogP contribution in [0, 0.1) is 5.92 Å². The molecule has 1 aliphatic carbocycles. The van der Waals surface area contributed by atoms with Crippen LogP contribution < -0.4 is 5.73 Å². The molecular weight excluding hydrogens is 304 g/mol. The molecule has 0 aliphatic heterocycles. The summed E-state index contributed by atoms with van der Waals surface area (Å²) in [5.41, 5.74) is 5.41. The minimum Gasteiger partial charge on any atom is -0.481 e. The second kappa shape index (κ2) is 3.87. The number of rotatable bonds is 1. The van der Waals surface area contributed by atoms with Crippen LogP contribution in [0.25, 0.3) is 0 Å². The van der Waals surface area contributed by atoms with Crippen molar-refractivity contribution in [2.75, 3.05) is 0 Å². The Balaban J connectivity index is 0.000000810. The summed E-state index contributed by atoms with van der Waals surface area (Å²) in [6.07, 6.45) is 3.93. The Morgan fingerprint density at radius 3 is 2.40 bits per heavy atom. The van der Waals surface area contributed by atoms with Crippen molar-refractivity contribution in [2.24, 2.45) is 11.7 Å². The van der Waals surface area contributed by atoms with Crippen molar-refractivity contribution in [1.29, 1.82) is 0 Å². The zero-order valence-corrected chi connectivity index (χ0v) is 8.04. The molecule has 0 aromatic heterocycles. The van der Waals surface area contributed by atoms with Gasteiger partial charge in [0.2, 0.25) is 0 Å². The SMILES string of the molecule is NC1C=CC(C(=O)O)C1.[Re]. The van der Waals surface area contributed by atoms with Crippen molar-refractivity contribution in [2.45, 2.75) is 12.5 Å². The predicted molar refractivity (Wildman–Crippen MR) is 32.9 cm³/mol. The van der Waals surface area contributed by atoms with Gasteiger partial charge in [-0.25, -0.2) is 0 Å². The van der Waals surface area contributed by atoms with Gasteiger partial charge in [0.25, 0.3) is 0 Å². The summed E-state index contributed by atoms with van der Waals surface area (Å²) in [7, 11) is 0. The average molecular weight is 313 g/mol. The van der Waals surface area contributed by atoms with Crippen LogP contribution in [-0.4, -0.2) is 17.1 Å². The van der Waals surface area contributed by atoms with Crippen molar-refractivity contribution in [3.8, 4) is 0 Å². The van der Waals surface area contributed by atoms with E-state index in [0.29, 0.717) is 6.42 Å². The summed E-state index contributed by atoms with van der Waals surface area (Å²) in [5, 5.41) is 8.42. The second-order valence-corrected chi connectivity index (χ2v) is 2.23. The molecule has 2 atom stereocenters. The first-order valence-corrected chi connectivity index (χ1v) is 2.87. The number of carbonyl (C=O) groups is 1. The maximum absolute atomic E-state index is 10.2. The van der Waals surface area contributed by atoms with Gasteiger partial charge in [0, 0.05) is 26.5 Å². The average Bonchev–Trinajstić information content (AvgIpc) is 2.14. The van der Waals surface area contributed by atoms with Crippen molar-refractivity contribution in [3.05, 3.63) is 12.2 Å². The Hall–Kier alpha value is -0.168. The first-order valence-electron chi connectivity index (χ1n) is 2.87. The van der Waals surface area contributed by atoms with Crippen LogP contribution >= 0.6 is 0 Å².